The zero-order chi connectivity index (χ0) is 25.2. The minimum Gasteiger partial charge on any atom is -0.478 e. The molecule has 4 rings (SSSR count). The van der Waals surface area contributed by atoms with E-state index in [1.165, 1.54) is 0 Å². The number of hydrogen-bond acceptors (Lipinski definition) is 4. The Balaban J connectivity index is 0.00000342. The van der Waals surface area contributed by atoms with E-state index in [9.17, 15) is 25.2 Å². The first-order valence-electron chi connectivity index (χ1n) is 13.4. The van der Waals surface area contributed by atoms with Gasteiger partial charge in [-0.2, -0.15) is 0 Å². The molecule has 0 aromatic carbocycles. The van der Waals surface area contributed by atoms with Crippen molar-refractivity contribution in [3.63, 3.8) is 0 Å². The van der Waals surface area contributed by atoms with E-state index in [-0.39, 0.29) is 84.2 Å². The third kappa shape index (κ3) is 4.58. The quantitative estimate of drug-likeness (QED) is 0.242. The molecule has 0 amide bonds. The van der Waals surface area contributed by atoms with Gasteiger partial charge in [0.25, 0.3) is 0 Å². The molecule has 4 saturated carbocycles. The van der Waals surface area contributed by atoms with E-state index in [2.05, 4.69) is 33.8 Å². The van der Waals surface area contributed by atoms with Crippen molar-refractivity contribution in [3.8, 4) is 0 Å². The second-order valence-electron chi connectivity index (χ2n) is 13.1. The van der Waals surface area contributed by atoms with Crippen LogP contribution in [-0.2, 0) is 4.79 Å². The number of aliphatic hydroxyl groups is 3. The Hall–Kier alpha value is 0.272. The molecule has 0 saturated heterocycles. The zero-order valence-electron chi connectivity index (χ0n) is 22.6. The van der Waals surface area contributed by atoms with Crippen LogP contribution in [0.3, 0.4) is 0 Å². The maximum absolute atomic E-state index is 12.4. The maximum Gasteiger partial charge on any atom is 0.331 e. The Kier molecular flexibility index (Phi) is 8.90. The van der Waals surface area contributed by atoms with Gasteiger partial charge >= 0.3 is 5.97 Å². The van der Waals surface area contributed by atoms with Crippen molar-refractivity contribution in [2.75, 3.05) is 0 Å². The Labute approximate surface area is 247 Å². The molecule has 10 atom stereocenters. The molecule has 4 aliphatic carbocycles. The topological polar surface area (TPSA) is 98.0 Å². The normalized spacial score (nSPS) is 48.1. The van der Waals surface area contributed by atoms with Gasteiger partial charge in [0.05, 0.1) is 18.3 Å². The van der Waals surface area contributed by atoms with Gasteiger partial charge < -0.3 is 20.4 Å². The molecule has 1 radical (unpaired) electrons. The summed E-state index contributed by atoms with van der Waals surface area (Å²) in [5.74, 6) is -0.375. The first-order valence-corrected chi connectivity index (χ1v) is 13.4. The largest absolute Gasteiger partial charge is 0.478 e. The van der Waals surface area contributed by atoms with Crippen molar-refractivity contribution in [1.82, 2.24) is 0 Å². The van der Waals surface area contributed by atoms with Crippen LogP contribution in [0.5, 0.6) is 0 Å². The van der Waals surface area contributed by atoms with Crippen LogP contribution in [0.4, 0.5) is 0 Å². The van der Waals surface area contributed by atoms with Crippen LogP contribution in [0.2, 0.25) is 0 Å². The van der Waals surface area contributed by atoms with Crippen molar-refractivity contribution >= 4 is 5.97 Å². The van der Waals surface area contributed by atoms with Crippen LogP contribution in [0.25, 0.3) is 0 Å². The Bertz CT molecular complexity index is 894. The summed E-state index contributed by atoms with van der Waals surface area (Å²) in [4.78, 5) is 12.4. The zero-order valence-corrected chi connectivity index (χ0v) is 27.3. The van der Waals surface area contributed by atoms with Crippen LogP contribution in [-0.4, -0.2) is 44.7 Å². The second kappa shape index (κ2) is 10.4. The first kappa shape index (κ1) is 29.8. The predicted octanol–water partition coefficient (Wildman–Crippen LogP) is 5.10. The van der Waals surface area contributed by atoms with Crippen molar-refractivity contribution < 1.29 is 69.3 Å². The maximum atomic E-state index is 12.4. The molecule has 10 unspecified atom stereocenters. The van der Waals surface area contributed by atoms with Crippen molar-refractivity contribution in [2.45, 2.75) is 111 Å². The first-order chi connectivity index (χ1) is 15.8. The molecule has 0 spiro atoms. The Morgan fingerprint density at radius 1 is 1.03 bits per heavy atom. The molecule has 195 valence electrons. The van der Waals surface area contributed by atoms with E-state index in [0.29, 0.717) is 42.7 Å². The summed E-state index contributed by atoms with van der Waals surface area (Å²) in [6.45, 7) is 13.1. The van der Waals surface area contributed by atoms with Gasteiger partial charge in [-0.15, -0.1) is 0 Å². The number of carbonyl (C=O) groups is 1. The second-order valence-corrected chi connectivity index (χ2v) is 13.1. The molecule has 0 aromatic heterocycles. The van der Waals surface area contributed by atoms with Crippen LogP contribution in [0.15, 0.2) is 22.8 Å². The van der Waals surface area contributed by atoms with E-state index in [1.807, 2.05) is 13.8 Å². The molecule has 35 heavy (non-hydrogen) atoms. The van der Waals surface area contributed by atoms with Crippen molar-refractivity contribution in [1.29, 1.82) is 0 Å². The standard InChI is InChI=1S/C29H46O5.Ac/c1-16(2)8-7-9-18(26(33)34)24-20-14-22(31)25-27(4)12-11-21(30)17(3)19(27)10-13-28(25,5)29(20,6)15-23(24)32;/h8,17,19-23,25,30-32H,7,9-15H2,1-6H3,(H,33,34);/b24-18-;. The number of hydrogen-bond donors (Lipinski definition) is 4. The number of carboxylic acid groups (broad SMARTS) is 1. The molecule has 4 aliphatic rings. The molecular formula is C29H46AcO5. The van der Waals surface area contributed by atoms with Gasteiger partial charge in [0.1, 0.15) is 0 Å². The third-order valence-electron chi connectivity index (χ3n) is 11.3. The minimum absolute atomic E-state index is 0. The SMILES string of the molecule is CC(C)=CCC/C(C(=O)O)=C1/C(O)CC2(C)C1CC(O)C1C3(C)CCC(O)C(C)C3CCC12C.[Ac]. The molecule has 6 heteroatoms. The number of aliphatic hydroxyl groups excluding tert-OH is 3. The smallest absolute Gasteiger partial charge is 0.331 e. The third-order valence-corrected chi connectivity index (χ3v) is 11.3. The number of rotatable bonds is 4. The summed E-state index contributed by atoms with van der Waals surface area (Å²) >= 11 is 0. The van der Waals surface area contributed by atoms with Gasteiger partial charge in [-0.1, -0.05) is 39.3 Å². The fourth-order valence-electron chi connectivity index (χ4n) is 9.51. The number of carboxylic acids is 1. The monoisotopic (exact) mass is 701 g/mol. The summed E-state index contributed by atoms with van der Waals surface area (Å²) in [7, 11) is 0. The van der Waals surface area contributed by atoms with Crippen LogP contribution >= 0.6 is 0 Å². The number of aliphatic carboxylic acids is 1. The van der Waals surface area contributed by atoms with E-state index in [0.717, 1.165) is 31.3 Å². The minimum atomic E-state index is -0.937. The van der Waals surface area contributed by atoms with Crippen molar-refractivity contribution in [3.05, 3.63) is 22.8 Å². The van der Waals surface area contributed by atoms with E-state index >= 15 is 0 Å². The summed E-state index contributed by atoms with van der Waals surface area (Å²) in [6, 6.07) is 0. The van der Waals surface area contributed by atoms with E-state index in [1.54, 1.807) is 0 Å². The molecule has 0 aromatic rings. The predicted molar refractivity (Wildman–Crippen MR) is 133 cm³/mol. The number of allylic oxidation sites excluding steroid dienone is 2. The van der Waals surface area contributed by atoms with Crippen LogP contribution in [0.1, 0.15) is 92.9 Å². The molecule has 4 fully saturated rings. The molecule has 4 N–H and O–H groups in total. The summed E-state index contributed by atoms with van der Waals surface area (Å²) in [6.07, 6.45) is 6.25. The van der Waals surface area contributed by atoms with Gasteiger partial charge in [-0.05, 0) is 111 Å². The Morgan fingerprint density at radius 3 is 2.29 bits per heavy atom. The number of fused-ring (bicyclic) bond motifs is 5. The average molecular weight is 702 g/mol. The Morgan fingerprint density at radius 2 is 1.69 bits per heavy atom. The van der Waals surface area contributed by atoms with Gasteiger partial charge in [0, 0.05) is 49.6 Å². The fraction of sp³-hybridized carbons (Fsp3) is 0.828. The molecule has 5 nitrogen and oxygen atoms in total. The fourth-order valence-corrected chi connectivity index (χ4v) is 9.51. The molecule has 0 aliphatic heterocycles. The van der Waals surface area contributed by atoms with Gasteiger partial charge in [0.2, 0.25) is 0 Å². The van der Waals surface area contributed by atoms with Gasteiger partial charge in [-0.25, -0.2) is 4.79 Å². The molecule has 0 bridgehead atoms. The molecule has 0 heterocycles. The van der Waals surface area contributed by atoms with E-state index < -0.39 is 18.2 Å². The molecular weight excluding hydrogens is 655 g/mol. The van der Waals surface area contributed by atoms with Gasteiger partial charge in [-0.3, -0.25) is 0 Å². The van der Waals surface area contributed by atoms with Crippen molar-refractivity contribution in [2.24, 2.45) is 39.9 Å². The van der Waals surface area contributed by atoms with E-state index in [4.69, 9.17) is 0 Å². The summed E-state index contributed by atoms with van der Waals surface area (Å²) in [5, 5.41) is 43.8. The van der Waals surface area contributed by atoms with Crippen LogP contribution in [0, 0.1) is 84.0 Å². The summed E-state index contributed by atoms with van der Waals surface area (Å²) in [5.41, 5.74) is 1.66. The summed E-state index contributed by atoms with van der Waals surface area (Å²) < 4.78 is 0. The van der Waals surface area contributed by atoms with Crippen LogP contribution < -0.4 is 0 Å². The average Bonchev–Trinajstić information content (AvgIpc) is 2.99. The van der Waals surface area contributed by atoms with Gasteiger partial charge in [0.15, 0.2) is 0 Å².